The molecule has 6 heteroatoms. The van der Waals surface area contributed by atoms with Crippen molar-refractivity contribution in [1.82, 2.24) is 10.2 Å². The van der Waals surface area contributed by atoms with E-state index in [1.54, 1.807) is 23.9 Å². The van der Waals surface area contributed by atoms with E-state index >= 15 is 0 Å². The first-order valence-corrected chi connectivity index (χ1v) is 6.46. The van der Waals surface area contributed by atoms with Crippen LogP contribution in [0.5, 0.6) is 0 Å². The molecule has 0 aliphatic heterocycles. The molecule has 0 radical (unpaired) electrons. The molecule has 2 rings (SSSR count). The van der Waals surface area contributed by atoms with Crippen molar-refractivity contribution in [2.24, 2.45) is 0 Å². The lowest BCUT2D eigenvalue weighted by Crippen LogP contribution is -1.84. The Kier molecular flexibility index (Phi) is 3.74. The number of hydrogen-bond acceptors (Lipinski definition) is 5. The van der Waals surface area contributed by atoms with E-state index in [1.165, 1.54) is 23.5 Å². The van der Waals surface area contributed by atoms with Crippen LogP contribution in [0.1, 0.15) is 5.01 Å². The van der Waals surface area contributed by atoms with Gasteiger partial charge in [0.1, 0.15) is 10.8 Å². The molecule has 2 aromatic rings. The molecular weight excluding hydrogens is 245 g/mol. The Hall–Kier alpha value is -1.14. The summed E-state index contributed by atoms with van der Waals surface area (Å²) in [4.78, 5) is 1.03. The number of hydrogen-bond donors (Lipinski definition) is 1. The van der Waals surface area contributed by atoms with E-state index in [0.717, 1.165) is 20.8 Å². The van der Waals surface area contributed by atoms with Gasteiger partial charge in [-0.1, -0.05) is 11.3 Å². The van der Waals surface area contributed by atoms with Gasteiger partial charge in [0.2, 0.25) is 5.13 Å². The molecule has 84 valence electrons. The van der Waals surface area contributed by atoms with Crippen LogP contribution < -0.4 is 5.32 Å². The Morgan fingerprint density at radius 3 is 2.69 bits per heavy atom. The maximum Gasteiger partial charge on any atom is 0.205 e. The van der Waals surface area contributed by atoms with Gasteiger partial charge < -0.3 is 5.32 Å². The first kappa shape index (κ1) is 11.3. The Bertz CT molecular complexity index is 455. The van der Waals surface area contributed by atoms with Gasteiger partial charge in [-0.05, 0) is 24.3 Å². The van der Waals surface area contributed by atoms with Crippen LogP contribution >= 0.6 is 23.1 Å². The molecule has 0 bridgehead atoms. The van der Waals surface area contributed by atoms with Crippen molar-refractivity contribution in [3.05, 3.63) is 35.1 Å². The summed E-state index contributed by atoms with van der Waals surface area (Å²) in [7, 11) is 1.82. The van der Waals surface area contributed by atoms with Gasteiger partial charge in [-0.25, -0.2) is 4.39 Å². The van der Waals surface area contributed by atoms with Gasteiger partial charge in [0.15, 0.2) is 0 Å². The number of nitrogens with one attached hydrogen (secondary N) is 1. The molecule has 0 atom stereocenters. The Balaban J connectivity index is 1.94. The second-order valence-electron chi connectivity index (χ2n) is 2.99. The third-order valence-electron chi connectivity index (χ3n) is 1.86. The average molecular weight is 255 g/mol. The molecule has 3 nitrogen and oxygen atoms in total. The highest BCUT2D eigenvalue weighted by Crippen LogP contribution is 2.25. The molecular formula is C10H10FN3S2. The highest BCUT2D eigenvalue weighted by molar-refractivity contribution is 7.98. The predicted molar refractivity (Wildman–Crippen MR) is 65.4 cm³/mol. The summed E-state index contributed by atoms with van der Waals surface area (Å²) in [6, 6.07) is 6.45. The number of halogens is 1. The first-order valence-electron chi connectivity index (χ1n) is 4.66. The Labute approximate surface area is 101 Å². The zero-order chi connectivity index (χ0) is 11.4. The minimum Gasteiger partial charge on any atom is -0.363 e. The molecule has 1 heterocycles. The van der Waals surface area contributed by atoms with Crippen LogP contribution in [0.2, 0.25) is 0 Å². The lowest BCUT2D eigenvalue weighted by atomic mass is 10.4. The first-order chi connectivity index (χ1) is 7.78. The van der Waals surface area contributed by atoms with Gasteiger partial charge in [0.05, 0.1) is 5.75 Å². The number of anilines is 1. The Morgan fingerprint density at radius 2 is 2.06 bits per heavy atom. The Morgan fingerprint density at radius 1 is 1.31 bits per heavy atom. The van der Waals surface area contributed by atoms with Crippen molar-refractivity contribution in [2.45, 2.75) is 10.6 Å². The third kappa shape index (κ3) is 2.93. The summed E-state index contributed by atoms with van der Waals surface area (Å²) < 4.78 is 12.7. The van der Waals surface area contributed by atoms with E-state index in [9.17, 15) is 4.39 Å². The van der Waals surface area contributed by atoms with Crippen LogP contribution in [0.15, 0.2) is 29.2 Å². The maximum absolute atomic E-state index is 12.7. The van der Waals surface area contributed by atoms with Crippen molar-refractivity contribution in [1.29, 1.82) is 0 Å². The summed E-state index contributed by atoms with van der Waals surface area (Å²) >= 11 is 3.15. The van der Waals surface area contributed by atoms with E-state index in [4.69, 9.17) is 0 Å². The number of thioether (sulfide) groups is 1. The SMILES string of the molecule is CNc1nnc(CSc2ccc(F)cc2)s1. The standard InChI is InChI=1S/C10H10FN3S2/c1-12-10-14-13-9(16-10)6-15-8-4-2-7(11)3-5-8/h2-5H,6H2,1H3,(H,12,14). The van der Waals surface area contributed by atoms with E-state index in [2.05, 4.69) is 15.5 Å². The summed E-state index contributed by atoms with van der Waals surface area (Å²) in [6.07, 6.45) is 0. The van der Waals surface area contributed by atoms with Crippen molar-refractivity contribution in [3.63, 3.8) is 0 Å². The lowest BCUT2D eigenvalue weighted by Gasteiger charge is -1.97. The average Bonchev–Trinajstić information content (AvgIpc) is 2.76. The van der Waals surface area contributed by atoms with Crippen LogP contribution in [0.3, 0.4) is 0 Å². The summed E-state index contributed by atoms with van der Waals surface area (Å²) in [5, 5.41) is 12.7. The second kappa shape index (κ2) is 5.27. The van der Waals surface area contributed by atoms with Crippen molar-refractivity contribution < 1.29 is 4.39 Å². The molecule has 1 aromatic carbocycles. The fraction of sp³-hybridized carbons (Fsp3) is 0.200. The molecule has 1 aromatic heterocycles. The van der Waals surface area contributed by atoms with Crippen LogP contribution in [0, 0.1) is 5.82 Å². The van der Waals surface area contributed by atoms with E-state index in [-0.39, 0.29) is 5.82 Å². The quantitative estimate of drug-likeness (QED) is 0.852. The minimum atomic E-state index is -0.210. The zero-order valence-corrected chi connectivity index (χ0v) is 10.2. The van der Waals surface area contributed by atoms with E-state index in [0.29, 0.717) is 0 Å². The highest BCUT2D eigenvalue weighted by atomic mass is 32.2. The van der Waals surface area contributed by atoms with Gasteiger partial charge in [-0.15, -0.1) is 22.0 Å². The predicted octanol–water partition coefficient (Wildman–Crippen LogP) is 3.01. The van der Waals surface area contributed by atoms with Crippen LogP contribution in [-0.2, 0) is 5.75 Å². The fourth-order valence-electron chi connectivity index (χ4n) is 1.09. The fourth-order valence-corrected chi connectivity index (χ4v) is 2.67. The molecule has 0 fully saturated rings. The molecule has 16 heavy (non-hydrogen) atoms. The van der Waals surface area contributed by atoms with Gasteiger partial charge in [0.25, 0.3) is 0 Å². The number of aromatic nitrogens is 2. The number of nitrogens with zero attached hydrogens (tertiary/aromatic N) is 2. The minimum absolute atomic E-state index is 0.210. The molecule has 0 saturated heterocycles. The van der Waals surface area contributed by atoms with E-state index < -0.39 is 0 Å². The summed E-state index contributed by atoms with van der Waals surface area (Å²) in [5.74, 6) is 0.545. The molecule has 0 spiro atoms. The largest absolute Gasteiger partial charge is 0.363 e. The molecule has 0 amide bonds. The van der Waals surface area contributed by atoms with Gasteiger partial charge >= 0.3 is 0 Å². The molecule has 0 saturated carbocycles. The number of benzene rings is 1. The van der Waals surface area contributed by atoms with Crippen molar-refractivity contribution >= 4 is 28.2 Å². The highest BCUT2D eigenvalue weighted by Gasteiger charge is 2.03. The van der Waals surface area contributed by atoms with Crippen LogP contribution in [-0.4, -0.2) is 17.2 Å². The van der Waals surface area contributed by atoms with Crippen molar-refractivity contribution in [2.75, 3.05) is 12.4 Å². The normalized spacial score (nSPS) is 10.4. The maximum atomic E-state index is 12.7. The van der Waals surface area contributed by atoms with Crippen LogP contribution in [0.25, 0.3) is 0 Å². The summed E-state index contributed by atoms with van der Waals surface area (Å²) in [6.45, 7) is 0. The van der Waals surface area contributed by atoms with Crippen LogP contribution in [0.4, 0.5) is 9.52 Å². The van der Waals surface area contributed by atoms with Gasteiger partial charge in [-0.3, -0.25) is 0 Å². The van der Waals surface area contributed by atoms with E-state index in [1.807, 2.05) is 7.05 Å². The van der Waals surface area contributed by atoms with Crippen molar-refractivity contribution in [3.8, 4) is 0 Å². The van der Waals surface area contributed by atoms with Gasteiger partial charge in [0, 0.05) is 11.9 Å². The number of rotatable bonds is 4. The summed E-state index contributed by atoms with van der Waals surface area (Å²) in [5.41, 5.74) is 0. The lowest BCUT2D eigenvalue weighted by molar-refractivity contribution is 0.626. The zero-order valence-electron chi connectivity index (χ0n) is 8.61. The molecule has 0 unspecified atom stereocenters. The third-order valence-corrected chi connectivity index (χ3v) is 4.00. The monoisotopic (exact) mass is 255 g/mol. The molecule has 0 aliphatic rings. The van der Waals surface area contributed by atoms with Gasteiger partial charge in [-0.2, -0.15) is 0 Å². The topological polar surface area (TPSA) is 37.8 Å². The smallest absolute Gasteiger partial charge is 0.205 e. The molecule has 0 aliphatic carbocycles. The molecule has 1 N–H and O–H groups in total. The second-order valence-corrected chi connectivity index (χ2v) is 5.10.